The van der Waals surface area contributed by atoms with Crippen LogP contribution in [0.25, 0.3) is 0 Å². The third-order valence-electron chi connectivity index (χ3n) is 2.33. The molecule has 0 fully saturated rings. The van der Waals surface area contributed by atoms with Gasteiger partial charge in [-0.15, -0.1) is 0 Å². The molecule has 18 heavy (non-hydrogen) atoms. The van der Waals surface area contributed by atoms with E-state index < -0.39 is 30.8 Å². The van der Waals surface area contributed by atoms with Crippen LogP contribution >= 0.6 is 0 Å². The van der Waals surface area contributed by atoms with E-state index in [9.17, 15) is 9.59 Å². The largest absolute Gasteiger partial charge is 0.480 e. The summed E-state index contributed by atoms with van der Waals surface area (Å²) in [5, 5.41) is 19.4. The number of hydrogen-bond donors (Lipinski definition) is 3. The van der Waals surface area contributed by atoms with E-state index in [-0.39, 0.29) is 0 Å². The lowest BCUT2D eigenvalue weighted by Gasteiger charge is -2.16. The molecule has 0 aliphatic heterocycles. The van der Waals surface area contributed by atoms with Gasteiger partial charge >= 0.3 is 12.1 Å². The van der Waals surface area contributed by atoms with E-state index in [1.807, 2.05) is 6.07 Å². The van der Waals surface area contributed by atoms with Gasteiger partial charge in [-0.3, -0.25) is 0 Å². The van der Waals surface area contributed by atoms with E-state index in [0.29, 0.717) is 0 Å². The minimum Gasteiger partial charge on any atom is -0.480 e. The van der Waals surface area contributed by atoms with Crippen LogP contribution in [0.5, 0.6) is 0 Å². The number of hydrogen-bond acceptors (Lipinski definition) is 4. The van der Waals surface area contributed by atoms with E-state index >= 15 is 0 Å². The lowest BCUT2D eigenvalue weighted by molar-refractivity contribution is -0.140. The van der Waals surface area contributed by atoms with Crippen molar-refractivity contribution in [2.75, 3.05) is 6.61 Å². The Balaban J connectivity index is 2.52. The molecule has 0 heterocycles. The zero-order valence-corrected chi connectivity index (χ0v) is 9.87. The Bertz CT molecular complexity index is 406. The summed E-state index contributed by atoms with van der Waals surface area (Å²) in [5.74, 6) is -1.32. The molecule has 1 aromatic rings. The van der Waals surface area contributed by atoms with Crippen molar-refractivity contribution in [1.82, 2.24) is 5.32 Å². The van der Waals surface area contributed by atoms with Gasteiger partial charge in [-0.1, -0.05) is 30.3 Å². The van der Waals surface area contributed by atoms with Crippen LogP contribution in [-0.2, 0) is 9.53 Å². The number of rotatable bonds is 5. The summed E-state index contributed by atoms with van der Waals surface area (Å²) < 4.78 is 4.99. The smallest absolute Gasteiger partial charge is 0.408 e. The molecular weight excluding hydrogens is 238 g/mol. The van der Waals surface area contributed by atoms with E-state index in [0.717, 1.165) is 5.56 Å². The number of carboxylic acid groups (broad SMARTS) is 1. The SMILES string of the molecule is CC(OC(=O)N[C@@H](CO)C(=O)O)c1ccccc1. The molecule has 0 aliphatic rings. The monoisotopic (exact) mass is 253 g/mol. The average molecular weight is 253 g/mol. The molecule has 1 unspecified atom stereocenters. The van der Waals surface area contributed by atoms with Gasteiger partial charge < -0.3 is 20.3 Å². The highest BCUT2D eigenvalue weighted by Gasteiger charge is 2.20. The molecule has 0 radical (unpaired) electrons. The van der Waals surface area contributed by atoms with Gasteiger partial charge in [-0.2, -0.15) is 0 Å². The van der Waals surface area contributed by atoms with Crippen LogP contribution in [0.1, 0.15) is 18.6 Å². The summed E-state index contributed by atoms with van der Waals surface area (Å²) in [4.78, 5) is 22.0. The predicted octanol–water partition coefficient (Wildman–Crippen LogP) is 0.919. The Morgan fingerprint density at radius 1 is 1.33 bits per heavy atom. The number of aliphatic hydroxyl groups is 1. The maximum atomic E-state index is 11.4. The van der Waals surface area contributed by atoms with Gasteiger partial charge in [0, 0.05) is 0 Å². The second-order valence-electron chi connectivity index (χ2n) is 3.68. The molecule has 0 spiro atoms. The van der Waals surface area contributed by atoms with Gasteiger partial charge in [0.1, 0.15) is 6.10 Å². The molecule has 0 aromatic heterocycles. The third kappa shape index (κ3) is 4.06. The number of alkyl carbamates (subject to hydrolysis) is 1. The number of carboxylic acids is 1. The first-order valence-electron chi connectivity index (χ1n) is 5.40. The van der Waals surface area contributed by atoms with Crippen molar-refractivity contribution < 1.29 is 24.5 Å². The predicted molar refractivity (Wildman–Crippen MR) is 63.0 cm³/mol. The van der Waals surface area contributed by atoms with E-state index in [1.54, 1.807) is 31.2 Å². The second-order valence-corrected chi connectivity index (χ2v) is 3.68. The zero-order valence-electron chi connectivity index (χ0n) is 9.87. The average Bonchev–Trinajstić information content (AvgIpc) is 2.36. The quantitative estimate of drug-likeness (QED) is 0.725. The number of aliphatic carboxylic acids is 1. The van der Waals surface area contributed by atoms with Gasteiger partial charge in [0.15, 0.2) is 6.04 Å². The minimum absolute atomic E-state index is 0.501. The third-order valence-corrected chi connectivity index (χ3v) is 2.33. The molecule has 0 bridgehead atoms. The maximum absolute atomic E-state index is 11.4. The summed E-state index contributed by atoms with van der Waals surface area (Å²) >= 11 is 0. The fourth-order valence-corrected chi connectivity index (χ4v) is 1.31. The first-order chi connectivity index (χ1) is 8.54. The van der Waals surface area contributed by atoms with Gasteiger partial charge in [-0.25, -0.2) is 9.59 Å². The molecule has 0 aliphatic carbocycles. The number of ether oxygens (including phenoxy) is 1. The van der Waals surface area contributed by atoms with Crippen LogP contribution in [0, 0.1) is 0 Å². The number of aliphatic hydroxyl groups excluding tert-OH is 1. The topological polar surface area (TPSA) is 95.9 Å². The molecule has 6 nitrogen and oxygen atoms in total. The molecule has 6 heteroatoms. The molecule has 0 saturated carbocycles. The molecular formula is C12H15NO5. The van der Waals surface area contributed by atoms with Crippen LogP contribution < -0.4 is 5.32 Å². The van der Waals surface area contributed by atoms with Gasteiger partial charge in [0.05, 0.1) is 6.61 Å². The zero-order chi connectivity index (χ0) is 13.5. The summed E-state index contributed by atoms with van der Waals surface area (Å²) in [7, 11) is 0. The molecule has 2 atom stereocenters. The second kappa shape index (κ2) is 6.61. The maximum Gasteiger partial charge on any atom is 0.408 e. The minimum atomic E-state index is -1.36. The summed E-state index contributed by atoms with van der Waals surface area (Å²) in [5.41, 5.74) is 0.795. The number of benzene rings is 1. The summed E-state index contributed by atoms with van der Waals surface area (Å²) in [6.45, 7) is 0.980. The standard InChI is InChI=1S/C12H15NO5/c1-8(9-5-3-2-4-6-9)18-12(17)13-10(7-14)11(15)16/h2-6,8,10,14H,7H2,1H3,(H,13,17)(H,15,16)/t8?,10-/m0/s1. The van der Waals surface area contributed by atoms with Crippen molar-refractivity contribution in [3.63, 3.8) is 0 Å². The number of carbonyl (C=O) groups is 2. The van der Waals surface area contributed by atoms with Gasteiger partial charge in [0.2, 0.25) is 0 Å². The highest BCUT2D eigenvalue weighted by atomic mass is 16.6. The molecule has 1 aromatic carbocycles. The lowest BCUT2D eigenvalue weighted by atomic mass is 10.1. The molecule has 1 amide bonds. The Morgan fingerprint density at radius 3 is 2.44 bits per heavy atom. The molecule has 3 N–H and O–H groups in total. The van der Waals surface area contributed by atoms with Crippen molar-refractivity contribution >= 4 is 12.1 Å². The van der Waals surface area contributed by atoms with Crippen LogP contribution in [-0.4, -0.2) is 34.9 Å². The molecule has 0 saturated heterocycles. The van der Waals surface area contributed by atoms with E-state index in [4.69, 9.17) is 14.9 Å². The number of nitrogens with one attached hydrogen (secondary N) is 1. The lowest BCUT2D eigenvalue weighted by Crippen LogP contribution is -2.43. The van der Waals surface area contributed by atoms with E-state index in [2.05, 4.69) is 5.32 Å². The van der Waals surface area contributed by atoms with Crippen LogP contribution in [0.15, 0.2) is 30.3 Å². The van der Waals surface area contributed by atoms with E-state index in [1.165, 1.54) is 0 Å². The van der Waals surface area contributed by atoms with Crippen molar-refractivity contribution in [2.45, 2.75) is 19.1 Å². The Morgan fingerprint density at radius 2 is 1.94 bits per heavy atom. The highest BCUT2D eigenvalue weighted by molar-refractivity contribution is 5.80. The van der Waals surface area contributed by atoms with Crippen molar-refractivity contribution in [3.05, 3.63) is 35.9 Å². The van der Waals surface area contributed by atoms with Crippen LogP contribution in [0.4, 0.5) is 4.79 Å². The van der Waals surface area contributed by atoms with Gasteiger partial charge in [-0.05, 0) is 12.5 Å². The molecule has 98 valence electrons. The Kier molecular flexibility index (Phi) is 5.13. The molecule has 1 rings (SSSR count). The first-order valence-corrected chi connectivity index (χ1v) is 5.40. The van der Waals surface area contributed by atoms with Crippen LogP contribution in [0.3, 0.4) is 0 Å². The first kappa shape index (κ1) is 14.0. The number of amides is 1. The van der Waals surface area contributed by atoms with Crippen molar-refractivity contribution in [3.8, 4) is 0 Å². The Labute approximate surface area is 104 Å². The number of carbonyl (C=O) groups excluding carboxylic acids is 1. The normalized spacial score (nSPS) is 13.4. The highest BCUT2D eigenvalue weighted by Crippen LogP contribution is 2.15. The van der Waals surface area contributed by atoms with Crippen molar-refractivity contribution in [1.29, 1.82) is 0 Å². The summed E-state index contributed by atoms with van der Waals surface area (Å²) in [6.07, 6.45) is -1.38. The Hall–Kier alpha value is -2.08. The summed E-state index contributed by atoms with van der Waals surface area (Å²) in [6, 6.07) is 7.67. The van der Waals surface area contributed by atoms with Crippen molar-refractivity contribution in [2.24, 2.45) is 0 Å². The fraction of sp³-hybridized carbons (Fsp3) is 0.333. The fourth-order valence-electron chi connectivity index (χ4n) is 1.31. The van der Waals surface area contributed by atoms with Gasteiger partial charge in [0.25, 0.3) is 0 Å². The van der Waals surface area contributed by atoms with Crippen LogP contribution in [0.2, 0.25) is 0 Å².